The van der Waals surface area contributed by atoms with Crippen LogP contribution in [0.3, 0.4) is 0 Å². The molecule has 0 spiro atoms. The van der Waals surface area contributed by atoms with Crippen LogP contribution in [0.2, 0.25) is 6.04 Å². The highest BCUT2D eigenvalue weighted by Crippen LogP contribution is 1.96. The molecule has 1 radical (unpaired) electrons. The Morgan fingerprint density at radius 3 is 2.91 bits per heavy atom. The van der Waals surface area contributed by atoms with Crippen LogP contribution >= 0.6 is 0 Å². The summed E-state index contributed by atoms with van der Waals surface area (Å²) in [7, 11) is -0.545. The second kappa shape index (κ2) is 7.79. The predicted molar refractivity (Wildman–Crippen MR) is 48.9 cm³/mol. The van der Waals surface area contributed by atoms with Gasteiger partial charge in [-0.15, -0.1) is 0 Å². The molecule has 0 saturated carbocycles. The van der Waals surface area contributed by atoms with Gasteiger partial charge in [-0.3, -0.25) is 4.79 Å². The molecule has 0 atom stereocenters. The first-order chi connectivity index (χ1) is 5.31. The molecular weight excluding hydrogens is 156 g/mol. The number of carbonyl (C=O) groups is 1. The monoisotopic (exact) mass is 173 g/mol. The van der Waals surface area contributed by atoms with E-state index in [1.54, 1.807) is 0 Å². The van der Waals surface area contributed by atoms with Gasteiger partial charge in [-0.05, 0) is 12.5 Å². The van der Waals surface area contributed by atoms with E-state index in [1.165, 1.54) is 12.8 Å². The molecule has 2 nitrogen and oxygen atoms in total. The molecule has 65 valence electrons. The van der Waals surface area contributed by atoms with Crippen LogP contribution in [0.15, 0.2) is 0 Å². The van der Waals surface area contributed by atoms with E-state index >= 15 is 0 Å². The zero-order chi connectivity index (χ0) is 8.53. The quantitative estimate of drug-likeness (QED) is 0.449. The average molecular weight is 173 g/mol. The second-order valence-corrected chi connectivity index (χ2v) is 3.94. The van der Waals surface area contributed by atoms with Crippen LogP contribution in [0.25, 0.3) is 0 Å². The van der Waals surface area contributed by atoms with Gasteiger partial charge in [0.15, 0.2) is 0 Å². The number of carbonyl (C=O) groups excluding carboxylic acids is 1. The molecule has 0 fully saturated rings. The Kier molecular flexibility index (Phi) is 7.57. The van der Waals surface area contributed by atoms with Crippen LogP contribution < -0.4 is 0 Å². The van der Waals surface area contributed by atoms with E-state index in [2.05, 4.69) is 13.8 Å². The lowest BCUT2D eigenvalue weighted by Gasteiger charge is -2.01. The molecule has 0 aromatic carbocycles. The maximum atomic E-state index is 10.8. The fraction of sp³-hybridized carbons (Fsp3) is 0.750. The Hall–Kier alpha value is -0.313. The zero-order valence-electron chi connectivity index (χ0n) is 7.27. The summed E-state index contributed by atoms with van der Waals surface area (Å²) >= 11 is 0. The van der Waals surface area contributed by atoms with Crippen LogP contribution in [-0.4, -0.2) is 15.7 Å². The second-order valence-electron chi connectivity index (χ2n) is 2.53. The van der Waals surface area contributed by atoms with E-state index < -0.39 is 9.76 Å². The molecule has 0 aliphatic rings. The van der Waals surface area contributed by atoms with Gasteiger partial charge >= 0.3 is 0 Å². The van der Waals surface area contributed by atoms with E-state index in [0.29, 0.717) is 12.8 Å². The molecule has 0 unspecified atom stereocenters. The molecule has 0 N–H and O–H groups in total. The molecule has 3 heteroatoms. The minimum atomic E-state index is -0.545. The number of unbranched alkanes of at least 4 members (excludes halogenated alkanes) is 1. The molecule has 0 aromatic rings. The largest absolute Gasteiger partial charge is 0.525 e. The molecule has 0 bridgehead atoms. The predicted octanol–water partition coefficient (Wildman–Crippen LogP) is 1.45. The van der Waals surface area contributed by atoms with E-state index in [-0.39, 0.29) is 5.97 Å². The third-order valence-corrected chi connectivity index (χ3v) is 2.71. The van der Waals surface area contributed by atoms with E-state index in [1.807, 2.05) is 0 Å². The topological polar surface area (TPSA) is 26.3 Å². The summed E-state index contributed by atoms with van der Waals surface area (Å²) in [6.07, 6.45) is 3.53. The first-order valence-corrected chi connectivity index (χ1v) is 5.83. The molecule has 11 heavy (non-hydrogen) atoms. The summed E-state index contributed by atoms with van der Waals surface area (Å²) in [6, 6.07) is 1.12. The van der Waals surface area contributed by atoms with Crippen molar-refractivity contribution in [1.82, 2.24) is 0 Å². The minimum Gasteiger partial charge on any atom is -0.525 e. The van der Waals surface area contributed by atoms with Gasteiger partial charge in [0.2, 0.25) is 9.76 Å². The Morgan fingerprint density at radius 2 is 2.36 bits per heavy atom. The van der Waals surface area contributed by atoms with Crippen molar-refractivity contribution in [2.45, 2.75) is 38.7 Å². The van der Waals surface area contributed by atoms with Gasteiger partial charge in [-0.1, -0.05) is 26.7 Å². The molecule has 0 amide bonds. The standard InChI is InChI=1S/C8H17O2Si/c1-3-5-7-11-10-8(9)6-4-2/h2-7,11H2,1H3. The van der Waals surface area contributed by atoms with Crippen molar-refractivity contribution in [2.75, 3.05) is 0 Å². The molecule has 0 aromatic heterocycles. The maximum absolute atomic E-state index is 10.8. The smallest absolute Gasteiger partial charge is 0.292 e. The van der Waals surface area contributed by atoms with Gasteiger partial charge in [-0.25, -0.2) is 0 Å². The minimum absolute atomic E-state index is 0.0530. The third-order valence-electron chi connectivity index (χ3n) is 1.39. The lowest BCUT2D eigenvalue weighted by molar-refractivity contribution is -0.134. The van der Waals surface area contributed by atoms with Crippen LogP contribution in [-0.2, 0) is 9.22 Å². The maximum Gasteiger partial charge on any atom is 0.292 e. The third kappa shape index (κ3) is 7.59. The Bertz CT molecular complexity index is 104. The highest BCUT2D eigenvalue weighted by atomic mass is 28.2. The fourth-order valence-corrected chi connectivity index (χ4v) is 1.98. The van der Waals surface area contributed by atoms with Crippen molar-refractivity contribution in [3.8, 4) is 0 Å². The van der Waals surface area contributed by atoms with Crippen LogP contribution in [0, 0.1) is 6.92 Å². The molecule has 0 heterocycles. The molecular formula is C8H17O2Si. The number of hydrogen-bond acceptors (Lipinski definition) is 2. The summed E-state index contributed by atoms with van der Waals surface area (Å²) < 4.78 is 5.04. The first-order valence-electron chi connectivity index (χ1n) is 4.26. The van der Waals surface area contributed by atoms with Crippen molar-refractivity contribution in [3.63, 3.8) is 0 Å². The zero-order valence-corrected chi connectivity index (χ0v) is 8.68. The van der Waals surface area contributed by atoms with E-state index in [9.17, 15) is 4.79 Å². The van der Waals surface area contributed by atoms with E-state index in [4.69, 9.17) is 4.43 Å². The summed E-state index contributed by atoms with van der Waals surface area (Å²) in [4.78, 5) is 10.8. The fourth-order valence-electron chi connectivity index (χ4n) is 0.755. The van der Waals surface area contributed by atoms with Gasteiger partial charge in [-0.2, -0.15) is 0 Å². The molecule has 0 aliphatic carbocycles. The lowest BCUT2D eigenvalue weighted by Crippen LogP contribution is -2.07. The lowest BCUT2D eigenvalue weighted by atomic mass is 10.4. The first kappa shape index (κ1) is 10.7. The van der Waals surface area contributed by atoms with Crippen LogP contribution in [0.4, 0.5) is 0 Å². The highest BCUT2D eigenvalue weighted by Gasteiger charge is 1.98. The summed E-state index contributed by atoms with van der Waals surface area (Å²) in [6.45, 7) is 5.73. The van der Waals surface area contributed by atoms with E-state index in [0.717, 1.165) is 6.04 Å². The van der Waals surface area contributed by atoms with Gasteiger partial charge in [0.25, 0.3) is 5.97 Å². The highest BCUT2D eigenvalue weighted by molar-refractivity contribution is 6.30. The van der Waals surface area contributed by atoms with Crippen molar-refractivity contribution in [1.29, 1.82) is 0 Å². The van der Waals surface area contributed by atoms with Crippen molar-refractivity contribution >= 4 is 15.7 Å². The number of rotatable bonds is 6. The Labute approximate surface area is 71.3 Å². The van der Waals surface area contributed by atoms with Gasteiger partial charge in [0.05, 0.1) is 0 Å². The van der Waals surface area contributed by atoms with Crippen molar-refractivity contribution < 1.29 is 9.22 Å². The molecule has 0 aliphatic heterocycles. The molecule has 0 saturated heterocycles. The normalized spacial score (nSPS) is 10.7. The van der Waals surface area contributed by atoms with Crippen molar-refractivity contribution in [2.24, 2.45) is 0 Å². The Balaban J connectivity index is 3.04. The Morgan fingerprint density at radius 1 is 1.64 bits per heavy atom. The average Bonchev–Trinajstić information content (AvgIpc) is 1.99. The van der Waals surface area contributed by atoms with Crippen LogP contribution in [0.5, 0.6) is 0 Å². The number of hydrogen-bond donors (Lipinski definition) is 0. The summed E-state index contributed by atoms with van der Waals surface area (Å²) in [5.41, 5.74) is 0. The van der Waals surface area contributed by atoms with Gasteiger partial charge < -0.3 is 4.43 Å². The van der Waals surface area contributed by atoms with Gasteiger partial charge in [0.1, 0.15) is 0 Å². The molecule has 0 rings (SSSR count). The van der Waals surface area contributed by atoms with Crippen LogP contribution in [0.1, 0.15) is 32.6 Å². The summed E-state index contributed by atoms with van der Waals surface area (Å²) in [5.74, 6) is -0.0530. The summed E-state index contributed by atoms with van der Waals surface area (Å²) in [5, 5.41) is 0. The van der Waals surface area contributed by atoms with Crippen molar-refractivity contribution in [3.05, 3.63) is 6.92 Å². The van der Waals surface area contributed by atoms with Gasteiger partial charge in [0, 0.05) is 6.42 Å². The SMILES string of the molecule is [CH2]CCC(=O)O[SiH2]CCCC.